The topological polar surface area (TPSA) is 89.7 Å². The third-order valence-corrected chi connectivity index (χ3v) is 5.08. The molecule has 184 valence electrons. The zero-order valence-corrected chi connectivity index (χ0v) is 20.7. The van der Waals surface area contributed by atoms with Crippen LogP contribution in [0.15, 0.2) is 12.1 Å². The van der Waals surface area contributed by atoms with Crippen LogP contribution in [0, 0.1) is 0 Å². The Kier molecular flexibility index (Phi) is 12.7. The third kappa shape index (κ3) is 11.2. The van der Waals surface area contributed by atoms with Crippen LogP contribution in [0.25, 0.3) is 0 Å². The van der Waals surface area contributed by atoms with E-state index in [0.717, 1.165) is 43.7 Å². The van der Waals surface area contributed by atoms with E-state index in [9.17, 15) is 9.18 Å². The van der Waals surface area contributed by atoms with Crippen LogP contribution in [-0.2, 0) is 27.1 Å². The van der Waals surface area contributed by atoms with Gasteiger partial charge in [0, 0.05) is 32.9 Å². The summed E-state index contributed by atoms with van der Waals surface area (Å²) in [6, 6.07) is 3.48. The summed E-state index contributed by atoms with van der Waals surface area (Å²) >= 11 is 0. The van der Waals surface area contributed by atoms with E-state index in [-0.39, 0.29) is 13.2 Å². The Morgan fingerprint density at radius 2 is 2.00 bits per heavy atom. The number of unbranched alkanes of at least 4 members (excludes halogenated alkanes) is 1. The molecule has 1 aromatic heterocycles. The van der Waals surface area contributed by atoms with Gasteiger partial charge in [-0.15, -0.1) is 0 Å². The number of hydrogen-bond donors (Lipinski definition) is 2. The normalized spacial score (nSPS) is 13.8. The lowest BCUT2D eigenvalue weighted by Gasteiger charge is -2.26. The molecule has 2 atom stereocenters. The zero-order valence-electron chi connectivity index (χ0n) is 20.7. The van der Waals surface area contributed by atoms with Gasteiger partial charge in [-0.1, -0.05) is 13.0 Å². The number of esters is 1. The largest absolute Gasteiger partial charge is 0.459 e. The lowest BCUT2D eigenvalue weighted by Crippen LogP contribution is -2.41. The van der Waals surface area contributed by atoms with Gasteiger partial charge in [-0.25, -0.2) is 9.37 Å². The Balaban J connectivity index is 2.56. The number of halogens is 1. The number of nitrogens with one attached hydrogen (secondary N) is 1. The van der Waals surface area contributed by atoms with E-state index in [1.807, 2.05) is 32.7 Å². The lowest BCUT2D eigenvalue weighted by atomic mass is 10.1. The summed E-state index contributed by atoms with van der Waals surface area (Å²) in [7, 11) is 3.38. The molecule has 0 radical (unpaired) electrons. The number of nitrogens with zero attached hydrogens (tertiary/aromatic N) is 2. The quantitative estimate of drug-likeness (QED) is 0.310. The number of carbonyl (C=O) groups excluding carboxylic acids is 1. The minimum Gasteiger partial charge on any atom is -0.459 e. The van der Waals surface area contributed by atoms with Crippen molar-refractivity contribution in [2.24, 2.45) is 5.73 Å². The Hall–Kier alpha value is -1.77. The van der Waals surface area contributed by atoms with Crippen molar-refractivity contribution < 1.29 is 18.7 Å². The van der Waals surface area contributed by atoms with Crippen molar-refractivity contribution in [3.8, 4) is 0 Å². The van der Waals surface area contributed by atoms with E-state index in [1.54, 1.807) is 0 Å². The van der Waals surface area contributed by atoms with Gasteiger partial charge in [-0.05, 0) is 71.0 Å². The molecule has 7 nitrogen and oxygen atoms in total. The number of hydrogen-bond acceptors (Lipinski definition) is 7. The maximum atomic E-state index is 14.2. The molecule has 1 heterocycles. The predicted octanol–water partition coefficient (Wildman–Crippen LogP) is 3.35. The maximum Gasteiger partial charge on any atom is 0.323 e. The molecule has 32 heavy (non-hydrogen) atoms. The Morgan fingerprint density at radius 1 is 1.28 bits per heavy atom. The molecule has 3 N–H and O–H groups in total. The highest BCUT2D eigenvalue weighted by molar-refractivity contribution is 5.75. The highest BCUT2D eigenvalue weighted by Gasteiger charge is 2.23. The molecule has 0 saturated heterocycles. The van der Waals surface area contributed by atoms with Crippen molar-refractivity contribution in [2.75, 3.05) is 45.7 Å². The SMILES string of the molecule is CCc1ccc(CCCCN(CCC(N)C(=O)OC(C)(C)C)CC(F)COC)nc1NC. The molecule has 0 spiro atoms. The number of alkyl halides is 1. The minimum atomic E-state index is -1.08. The van der Waals surface area contributed by atoms with E-state index < -0.39 is 23.8 Å². The summed E-state index contributed by atoms with van der Waals surface area (Å²) in [6.07, 6.45) is 2.97. The molecular weight excluding hydrogens is 411 g/mol. The second-order valence-corrected chi connectivity index (χ2v) is 9.15. The van der Waals surface area contributed by atoms with Crippen LogP contribution in [0.3, 0.4) is 0 Å². The fourth-order valence-corrected chi connectivity index (χ4v) is 3.44. The van der Waals surface area contributed by atoms with E-state index >= 15 is 0 Å². The number of methoxy groups -OCH3 is 1. The van der Waals surface area contributed by atoms with Gasteiger partial charge in [0.2, 0.25) is 0 Å². The summed E-state index contributed by atoms with van der Waals surface area (Å²) in [5, 5.41) is 3.16. The van der Waals surface area contributed by atoms with Gasteiger partial charge in [-0.2, -0.15) is 0 Å². The number of aromatic nitrogens is 1. The molecule has 0 aliphatic heterocycles. The number of anilines is 1. The number of pyridine rings is 1. The number of rotatable bonds is 15. The molecule has 1 aromatic rings. The van der Waals surface area contributed by atoms with Crippen molar-refractivity contribution in [3.63, 3.8) is 0 Å². The standard InChI is InChI=1S/C24H43FN4O3/c1-7-18-11-12-20(28-22(18)27-5)10-8-9-14-29(16-19(25)17-31-6)15-13-21(26)23(30)32-24(2,3)4/h11-12,19,21H,7-10,13-17,26H2,1-6H3,(H,27,28). The fourth-order valence-electron chi connectivity index (χ4n) is 3.44. The van der Waals surface area contributed by atoms with Crippen LogP contribution >= 0.6 is 0 Å². The molecule has 0 fully saturated rings. The summed E-state index contributed by atoms with van der Waals surface area (Å²) in [5.74, 6) is 0.510. The molecule has 0 saturated carbocycles. The molecule has 1 rings (SSSR count). The number of ether oxygens (including phenoxy) is 2. The van der Waals surface area contributed by atoms with Crippen molar-refractivity contribution >= 4 is 11.8 Å². The van der Waals surface area contributed by atoms with Crippen LogP contribution in [-0.4, -0.2) is 74.1 Å². The first-order valence-corrected chi connectivity index (χ1v) is 11.6. The molecule has 0 aliphatic rings. The van der Waals surface area contributed by atoms with Crippen LogP contribution in [0.1, 0.15) is 58.2 Å². The smallest absolute Gasteiger partial charge is 0.323 e. The molecule has 2 unspecified atom stereocenters. The van der Waals surface area contributed by atoms with E-state index in [1.165, 1.54) is 12.7 Å². The Labute approximate surface area is 193 Å². The Morgan fingerprint density at radius 3 is 2.59 bits per heavy atom. The molecule has 0 aliphatic carbocycles. The van der Waals surface area contributed by atoms with Crippen LogP contribution in [0.5, 0.6) is 0 Å². The third-order valence-electron chi connectivity index (χ3n) is 5.08. The highest BCUT2D eigenvalue weighted by Crippen LogP contribution is 2.15. The molecule has 0 bridgehead atoms. The van der Waals surface area contributed by atoms with Gasteiger partial charge in [0.15, 0.2) is 0 Å². The van der Waals surface area contributed by atoms with Crippen LogP contribution in [0.2, 0.25) is 0 Å². The minimum absolute atomic E-state index is 0.0507. The monoisotopic (exact) mass is 454 g/mol. The van der Waals surface area contributed by atoms with Gasteiger partial charge >= 0.3 is 5.97 Å². The van der Waals surface area contributed by atoms with Gasteiger partial charge in [0.1, 0.15) is 23.6 Å². The zero-order chi connectivity index (χ0) is 24.1. The molecular formula is C24H43FN4O3. The van der Waals surface area contributed by atoms with Crippen LogP contribution < -0.4 is 11.1 Å². The van der Waals surface area contributed by atoms with Crippen LogP contribution in [0.4, 0.5) is 10.2 Å². The molecule has 8 heteroatoms. The van der Waals surface area contributed by atoms with Gasteiger partial charge in [0.25, 0.3) is 0 Å². The molecule has 0 amide bonds. The van der Waals surface area contributed by atoms with Gasteiger partial charge in [0.05, 0.1) is 6.61 Å². The molecule has 0 aromatic carbocycles. The van der Waals surface area contributed by atoms with E-state index in [4.69, 9.17) is 20.2 Å². The summed E-state index contributed by atoms with van der Waals surface area (Å²) in [5.41, 5.74) is 7.69. The summed E-state index contributed by atoms with van der Waals surface area (Å²) in [4.78, 5) is 18.8. The van der Waals surface area contributed by atoms with E-state index in [2.05, 4.69) is 24.4 Å². The van der Waals surface area contributed by atoms with Gasteiger partial charge in [-0.3, -0.25) is 4.79 Å². The first-order valence-electron chi connectivity index (χ1n) is 11.6. The average molecular weight is 455 g/mol. The fraction of sp³-hybridized carbons (Fsp3) is 0.750. The maximum absolute atomic E-state index is 14.2. The van der Waals surface area contributed by atoms with Gasteiger partial charge < -0.3 is 25.4 Å². The second kappa shape index (κ2) is 14.4. The van der Waals surface area contributed by atoms with E-state index in [0.29, 0.717) is 13.0 Å². The number of nitrogens with two attached hydrogens (primary N) is 1. The summed E-state index contributed by atoms with van der Waals surface area (Å²) < 4.78 is 24.5. The van der Waals surface area contributed by atoms with Crippen molar-refractivity contribution in [1.29, 1.82) is 0 Å². The lowest BCUT2D eigenvalue weighted by molar-refractivity contribution is -0.156. The highest BCUT2D eigenvalue weighted by atomic mass is 19.1. The Bertz CT molecular complexity index is 682. The van der Waals surface area contributed by atoms with Crippen molar-refractivity contribution in [1.82, 2.24) is 9.88 Å². The average Bonchev–Trinajstić information content (AvgIpc) is 2.73. The first-order chi connectivity index (χ1) is 15.1. The van der Waals surface area contributed by atoms with Crippen molar-refractivity contribution in [3.05, 3.63) is 23.4 Å². The predicted molar refractivity (Wildman–Crippen MR) is 128 cm³/mol. The number of carbonyl (C=O) groups is 1. The second-order valence-electron chi connectivity index (χ2n) is 9.15. The van der Waals surface area contributed by atoms with Crippen molar-refractivity contribution in [2.45, 2.75) is 77.6 Å². The number of aryl methyl sites for hydroxylation is 2. The summed E-state index contributed by atoms with van der Waals surface area (Å²) in [6.45, 7) is 9.10. The first kappa shape index (κ1) is 28.3.